The van der Waals surface area contributed by atoms with E-state index in [1.165, 1.54) is 0 Å². The maximum atomic E-state index is 12.7. The van der Waals surface area contributed by atoms with E-state index in [0.717, 1.165) is 18.6 Å². The Hall–Kier alpha value is -2.63. The molecule has 0 unspecified atom stereocenters. The Kier molecular flexibility index (Phi) is 3.82. The van der Waals surface area contributed by atoms with Crippen LogP contribution in [0.4, 0.5) is 0 Å². The number of hydrogen-bond acceptors (Lipinski definition) is 5. The van der Waals surface area contributed by atoms with Crippen molar-refractivity contribution in [3.8, 4) is 5.75 Å². The molecular formula is C19H20N2O4. The van der Waals surface area contributed by atoms with Gasteiger partial charge in [0.25, 0.3) is 5.91 Å². The average Bonchev–Trinajstić information content (AvgIpc) is 3.22. The number of aromatic nitrogens is 1. The van der Waals surface area contributed by atoms with Gasteiger partial charge in [-0.1, -0.05) is 24.2 Å². The smallest absolute Gasteiger partial charge is 0.276 e. The Balaban J connectivity index is 1.51. The first-order valence-corrected chi connectivity index (χ1v) is 8.66. The van der Waals surface area contributed by atoms with Crippen molar-refractivity contribution < 1.29 is 18.8 Å². The quantitative estimate of drug-likeness (QED) is 0.859. The molecule has 1 spiro atoms. The second kappa shape index (κ2) is 6.02. The number of likely N-dealkylation sites (tertiary alicyclic amines) is 1. The average molecular weight is 340 g/mol. The van der Waals surface area contributed by atoms with Gasteiger partial charge >= 0.3 is 0 Å². The summed E-state index contributed by atoms with van der Waals surface area (Å²) in [6, 6.07) is 8.99. The Bertz CT molecular complexity index is 828. The van der Waals surface area contributed by atoms with Crippen LogP contribution >= 0.6 is 0 Å². The summed E-state index contributed by atoms with van der Waals surface area (Å²) in [4.78, 5) is 26.8. The van der Waals surface area contributed by atoms with E-state index in [2.05, 4.69) is 5.16 Å². The monoisotopic (exact) mass is 340 g/mol. The van der Waals surface area contributed by atoms with Gasteiger partial charge in [0.2, 0.25) is 0 Å². The summed E-state index contributed by atoms with van der Waals surface area (Å²) >= 11 is 0. The number of aryl methyl sites for hydroxylation is 1. The molecule has 2 aliphatic heterocycles. The van der Waals surface area contributed by atoms with Crippen molar-refractivity contribution in [3.63, 3.8) is 0 Å². The van der Waals surface area contributed by atoms with Gasteiger partial charge in [0, 0.05) is 25.5 Å². The summed E-state index contributed by atoms with van der Waals surface area (Å²) in [6.45, 7) is 2.98. The lowest BCUT2D eigenvalue weighted by Gasteiger charge is -2.34. The number of fused-ring (bicyclic) bond motifs is 1. The van der Waals surface area contributed by atoms with Crippen molar-refractivity contribution in [3.05, 3.63) is 47.3 Å². The molecule has 6 nitrogen and oxygen atoms in total. The lowest BCUT2D eigenvalue weighted by Crippen LogP contribution is -2.45. The minimum absolute atomic E-state index is 0.0721. The van der Waals surface area contributed by atoms with E-state index in [1.54, 1.807) is 17.0 Å². The van der Waals surface area contributed by atoms with Crippen LogP contribution in [0.3, 0.4) is 0 Å². The molecule has 4 rings (SSSR count). The number of carbonyl (C=O) groups is 2. The van der Waals surface area contributed by atoms with E-state index in [4.69, 9.17) is 9.26 Å². The van der Waals surface area contributed by atoms with Crippen molar-refractivity contribution in [2.45, 2.75) is 38.2 Å². The standard InChI is InChI=1S/C19H20N2O4/c1-2-5-13-10-15(20-25-13)18(23)21-9-8-19(12-21)11-16(22)14-6-3-4-7-17(14)24-19/h3-4,6-7,10H,2,5,8-9,11-12H2,1H3/t19-/m1/s1. The maximum Gasteiger partial charge on any atom is 0.276 e. The van der Waals surface area contributed by atoms with Crippen LogP contribution in [0.2, 0.25) is 0 Å². The van der Waals surface area contributed by atoms with Crippen LogP contribution in [0.5, 0.6) is 5.75 Å². The van der Waals surface area contributed by atoms with Crippen molar-refractivity contribution in [2.75, 3.05) is 13.1 Å². The SMILES string of the molecule is CCCc1cc(C(=O)N2CC[C@@]3(CC(=O)c4ccccc4O3)C2)no1. The van der Waals surface area contributed by atoms with E-state index < -0.39 is 5.60 Å². The van der Waals surface area contributed by atoms with Crippen molar-refractivity contribution in [1.82, 2.24) is 10.1 Å². The second-order valence-electron chi connectivity index (χ2n) is 6.79. The first-order valence-electron chi connectivity index (χ1n) is 8.66. The fraction of sp³-hybridized carbons (Fsp3) is 0.421. The lowest BCUT2D eigenvalue weighted by atomic mass is 9.89. The highest BCUT2D eigenvalue weighted by Crippen LogP contribution is 2.38. The molecule has 1 amide bonds. The topological polar surface area (TPSA) is 72.6 Å². The molecule has 1 fully saturated rings. The van der Waals surface area contributed by atoms with Gasteiger partial charge in [-0.05, 0) is 18.6 Å². The van der Waals surface area contributed by atoms with Gasteiger partial charge in [0.15, 0.2) is 11.5 Å². The van der Waals surface area contributed by atoms with Crippen LogP contribution in [-0.2, 0) is 6.42 Å². The number of hydrogen-bond donors (Lipinski definition) is 0. The number of benzene rings is 1. The van der Waals surface area contributed by atoms with Crippen LogP contribution < -0.4 is 4.74 Å². The molecule has 25 heavy (non-hydrogen) atoms. The van der Waals surface area contributed by atoms with Crippen LogP contribution in [0.1, 0.15) is 52.8 Å². The molecule has 1 atom stereocenters. The summed E-state index contributed by atoms with van der Waals surface area (Å²) in [5.74, 6) is 1.23. The van der Waals surface area contributed by atoms with Crippen LogP contribution in [0, 0.1) is 0 Å². The van der Waals surface area contributed by atoms with Gasteiger partial charge in [0.1, 0.15) is 17.1 Å². The fourth-order valence-corrected chi connectivity index (χ4v) is 3.63. The minimum Gasteiger partial charge on any atom is -0.484 e. The molecule has 2 aliphatic rings. The van der Waals surface area contributed by atoms with Gasteiger partial charge in [-0.25, -0.2) is 0 Å². The Morgan fingerprint density at radius 2 is 2.20 bits per heavy atom. The summed E-state index contributed by atoms with van der Waals surface area (Å²) < 4.78 is 11.4. The molecule has 130 valence electrons. The highest BCUT2D eigenvalue weighted by atomic mass is 16.5. The number of ether oxygens (including phenoxy) is 1. The molecule has 0 N–H and O–H groups in total. The summed E-state index contributed by atoms with van der Waals surface area (Å²) in [7, 11) is 0. The molecule has 6 heteroatoms. The molecule has 0 saturated carbocycles. The third kappa shape index (κ3) is 2.81. The molecule has 0 radical (unpaired) electrons. The molecule has 1 saturated heterocycles. The van der Waals surface area contributed by atoms with Gasteiger partial charge in [-0.3, -0.25) is 9.59 Å². The number of para-hydroxylation sites is 1. The van der Waals surface area contributed by atoms with Gasteiger partial charge < -0.3 is 14.2 Å². The molecular weight excluding hydrogens is 320 g/mol. The van der Waals surface area contributed by atoms with Crippen LogP contribution in [0.25, 0.3) is 0 Å². The van der Waals surface area contributed by atoms with E-state index >= 15 is 0 Å². The third-order valence-electron chi connectivity index (χ3n) is 4.87. The first kappa shape index (κ1) is 15.9. The second-order valence-corrected chi connectivity index (χ2v) is 6.79. The highest BCUT2D eigenvalue weighted by Gasteiger charge is 2.47. The largest absolute Gasteiger partial charge is 0.484 e. The molecule has 0 aliphatic carbocycles. The number of nitrogens with zero attached hydrogens (tertiary/aromatic N) is 2. The van der Waals surface area contributed by atoms with E-state index in [0.29, 0.717) is 42.9 Å². The van der Waals surface area contributed by atoms with E-state index in [9.17, 15) is 9.59 Å². The molecule has 2 aromatic rings. The number of Topliss-reactive ketones (excluding diaryl/α,β-unsaturated/α-hetero) is 1. The van der Waals surface area contributed by atoms with E-state index in [-0.39, 0.29) is 11.7 Å². The minimum atomic E-state index is -0.628. The van der Waals surface area contributed by atoms with Gasteiger partial charge in [0.05, 0.1) is 18.5 Å². The first-order chi connectivity index (χ1) is 12.1. The fourth-order valence-electron chi connectivity index (χ4n) is 3.63. The number of rotatable bonds is 3. The maximum absolute atomic E-state index is 12.7. The van der Waals surface area contributed by atoms with Gasteiger partial charge in [-0.2, -0.15) is 0 Å². The number of carbonyl (C=O) groups excluding carboxylic acids is 2. The molecule has 0 bridgehead atoms. The van der Waals surface area contributed by atoms with Crippen LogP contribution in [-0.4, -0.2) is 40.4 Å². The third-order valence-corrected chi connectivity index (χ3v) is 4.87. The zero-order valence-corrected chi connectivity index (χ0v) is 14.2. The van der Waals surface area contributed by atoms with Crippen molar-refractivity contribution in [1.29, 1.82) is 0 Å². The Morgan fingerprint density at radius 3 is 3.04 bits per heavy atom. The van der Waals surface area contributed by atoms with Crippen molar-refractivity contribution >= 4 is 11.7 Å². The Morgan fingerprint density at radius 1 is 1.36 bits per heavy atom. The van der Waals surface area contributed by atoms with Crippen LogP contribution in [0.15, 0.2) is 34.9 Å². The summed E-state index contributed by atoms with van der Waals surface area (Å²) in [5.41, 5.74) is 0.318. The van der Waals surface area contributed by atoms with Crippen molar-refractivity contribution in [2.24, 2.45) is 0 Å². The summed E-state index contributed by atoms with van der Waals surface area (Å²) in [5, 5.41) is 3.89. The number of ketones is 1. The van der Waals surface area contributed by atoms with Gasteiger partial charge in [-0.15, -0.1) is 0 Å². The highest BCUT2D eigenvalue weighted by molar-refractivity contribution is 6.00. The zero-order valence-electron chi connectivity index (χ0n) is 14.2. The summed E-state index contributed by atoms with van der Waals surface area (Å²) in [6.07, 6.45) is 2.63. The predicted octanol–water partition coefficient (Wildman–Crippen LogP) is 2.88. The normalized spacial score (nSPS) is 22.1. The zero-order chi connectivity index (χ0) is 17.4. The number of amides is 1. The lowest BCUT2D eigenvalue weighted by molar-refractivity contribution is 0.0426. The van der Waals surface area contributed by atoms with E-state index in [1.807, 2.05) is 25.1 Å². The molecule has 3 heterocycles. The molecule has 1 aromatic carbocycles. The predicted molar refractivity (Wildman–Crippen MR) is 89.8 cm³/mol. The Labute approximate surface area is 145 Å². The molecule has 1 aromatic heterocycles.